The highest BCUT2D eigenvalue weighted by atomic mass is 32.2. The molecule has 126 valence electrons. The van der Waals surface area contributed by atoms with Gasteiger partial charge in [0, 0.05) is 12.4 Å². The number of fused-ring (bicyclic) bond motifs is 1. The van der Waals surface area contributed by atoms with Gasteiger partial charge in [-0.15, -0.1) is 0 Å². The quantitative estimate of drug-likeness (QED) is 0.423. The molecular formula is C17H20N4O2S. The van der Waals surface area contributed by atoms with Gasteiger partial charge in [-0.3, -0.25) is 4.79 Å². The predicted octanol–water partition coefficient (Wildman–Crippen LogP) is 2.85. The smallest absolute Gasteiger partial charge is 0.262 e. The minimum atomic E-state index is -0.171. The summed E-state index contributed by atoms with van der Waals surface area (Å²) in [5, 5.41) is 5.45. The molecule has 0 saturated carbocycles. The Balaban J connectivity index is 2.02. The zero-order valence-corrected chi connectivity index (χ0v) is 14.8. The van der Waals surface area contributed by atoms with E-state index in [1.807, 2.05) is 26.0 Å². The van der Waals surface area contributed by atoms with Gasteiger partial charge in [0.2, 0.25) is 0 Å². The first-order valence-corrected chi connectivity index (χ1v) is 8.85. The monoisotopic (exact) mass is 344 g/mol. The minimum absolute atomic E-state index is 0.171. The van der Waals surface area contributed by atoms with Crippen LogP contribution in [0.3, 0.4) is 0 Å². The summed E-state index contributed by atoms with van der Waals surface area (Å²) in [6, 6.07) is 6.02. The maximum Gasteiger partial charge on any atom is 0.262 e. The second-order valence-electron chi connectivity index (χ2n) is 5.43. The highest BCUT2D eigenvalue weighted by molar-refractivity contribution is 7.99. The molecule has 3 aromatic rings. The minimum Gasteiger partial charge on any atom is -0.381 e. The van der Waals surface area contributed by atoms with E-state index in [0.717, 1.165) is 17.0 Å². The molecule has 0 aliphatic rings. The lowest BCUT2D eigenvalue weighted by Gasteiger charge is -2.09. The van der Waals surface area contributed by atoms with Crippen molar-refractivity contribution in [3.05, 3.63) is 45.9 Å². The molecule has 0 spiro atoms. The van der Waals surface area contributed by atoms with Gasteiger partial charge < -0.3 is 9.72 Å². The summed E-state index contributed by atoms with van der Waals surface area (Å²) in [4.78, 5) is 19.7. The van der Waals surface area contributed by atoms with Crippen LogP contribution in [0.2, 0.25) is 0 Å². The van der Waals surface area contributed by atoms with Crippen LogP contribution in [-0.4, -0.2) is 38.7 Å². The van der Waals surface area contributed by atoms with Crippen LogP contribution in [0, 0.1) is 13.8 Å². The van der Waals surface area contributed by atoms with Crippen LogP contribution in [0.5, 0.6) is 0 Å². The molecule has 7 heteroatoms. The summed E-state index contributed by atoms with van der Waals surface area (Å²) in [6.45, 7) is 7.37. The SMILES string of the molecule is CCOCCSc1nc2c(cnn2-c2cccc(C)c2C)c(=O)[nH]1. The number of nitrogens with zero attached hydrogens (tertiary/aromatic N) is 3. The fourth-order valence-electron chi connectivity index (χ4n) is 2.45. The van der Waals surface area contributed by atoms with Gasteiger partial charge in [-0.2, -0.15) is 5.10 Å². The summed E-state index contributed by atoms with van der Waals surface area (Å²) >= 11 is 1.47. The Morgan fingerprint density at radius 3 is 2.96 bits per heavy atom. The number of aromatic amines is 1. The molecule has 0 fully saturated rings. The van der Waals surface area contributed by atoms with Crippen molar-refractivity contribution in [2.45, 2.75) is 25.9 Å². The highest BCUT2D eigenvalue weighted by Gasteiger charge is 2.13. The van der Waals surface area contributed by atoms with E-state index in [0.29, 0.717) is 29.4 Å². The number of aromatic nitrogens is 4. The highest BCUT2D eigenvalue weighted by Crippen LogP contribution is 2.21. The summed E-state index contributed by atoms with van der Waals surface area (Å²) in [5.41, 5.74) is 3.64. The van der Waals surface area contributed by atoms with Crippen molar-refractivity contribution in [3.8, 4) is 5.69 Å². The number of benzene rings is 1. The van der Waals surface area contributed by atoms with Crippen molar-refractivity contribution in [3.63, 3.8) is 0 Å². The molecule has 2 heterocycles. The van der Waals surface area contributed by atoms with Crippen molar-refractivity contribution in [2.75, 3.05) is 19.0 Å². The van der Waals surface area contributed by atoms with Gasteiger partial charge in [-0.1, -0.05) is 23.9 Å². The molecule has 24 heavy (non-hydrogen) atoms. The Kier molecular flexibility index (Phi) is 5.01. The fraction of sp³-hybridized carbons (Fsp3) is 0.353. The van der Waals surface area contributed by atoms with Crippen molar-refractivity contribution in [2.24, 2.45) is 0 Å². The predicted molar refractivity (Wildman–Crippen MR) is 96.2 cm³/mol. The van der Waals surface area contributed by atoms with E-state index >= 15 is 0 Å². The van der Waals surface area contributed by atoms with Crippen molar-refractivity contribution >= 4 is 22.8 Å². The van der Waals surface area contributed by atoms with Crippen LogP contribution in [0.15, 0.2) is 34.3 Å². The van der Waals surface area contributed by atoms with Gasteiger partial charge in [0.1, 0.15) is 5.39 Å². The lowest BCUT2D eigenvalue weighted by atomic mass is 10.1. The third-order valence-corrected chi connectivity index (χ3v) is 4.73. The lowest BCUT2D eigenvalue weighted by Crippen LogP contribution is -2.11. The van der Waals surface area contributed by atoms with E-state index in [9.17, 15) is 4.79 Å². The van der Waals surface area contributed by atoms with Gasteiger partial charge in [0.05, 0.1) is 18.5 Å². The number of aryl methyl sites for hydroxylation is 1. The zero-order chi connectivity index (χ0) is 17.1. The van der Waals surface area contributed by atoms with Gasteiger partial charge >= 0.3 is 0 Å². The summed E-state index contributed by atoms with van der Waals surface area (Å²) in [5.74, 6) is 0.736. The first kappa shape index (κ1) is 16.7. The average molecular weight is 344 g/mol. The van der Waals surface area contributed by atoms with E-state index in [1.165, 1.54) is 17.3 Å². The average Bonchev–Trinajstić information content (AvgIpc) is 2.98. The molecule has 0 unspecified atom stereocenters. The zero-order valence-electron chi connectivity index (χ0n) is 14.0. The molecule has 0 aliphatic heterocycles. The van der Waals surface area contributed by atoms with E-state index < -0.39 is 0 Å². The summed E-state index contributed by atoms with van der Waals surface area (Å²) < 4.78 is 7.06. The Bertz CT molecular complexity index is 917. The molecule has 3 rings (SSSR count). The van der Waals surface area contributed by atoms with E-state index in [-0.39, 0.29) is 5.56 Å². The van der Waals surface area contributed by atoms with Crippen LogP contribution in [0.25, 0.3) is 16.7 Å². The number of nitrogens with one attached hydrogen (secondary N) is 1. The largest absolute Gasteiger partial charge is 0.381 e. The lowest BCUT2D eigenvalue weighted by molar-refractivity contribution is 0.164. The molecular weight excluding hydrogens is 324 g/mol. The molecule has 0 saturated heterocycles. The van der Waals surface area contributed by atoms with Crippen LogP contribution in [0.4, 0.5) is 0 Å². The summed E-state index contributed by atoms with van der Waals surface area (Å²) in [7, 11) is 0. The number of hydrogen-bond donors (Lipinski definition) is 1. The topological polar surface area (TPSA) is 72.8 Å². The van der Waals surface area contributed by atoms with Gasteiger partial charge in [-0.05, 0) is 38.0 Å². The van der Waals surface area contributed by atoms with Crippen LogP contribution >= 0.6 is 11.8 Å². The molecule has 1 N–H and O–H groups in total. The Hall–Kier alpha value is -2.12. The van der Waals surface area contributed by atoms with Crippen molar-refractivity contribution in [1.82, 2.24) is 19.7 Å². The molecule has 6 nitrogen and oxygen atoms in total. The number of rotatable bonds is 6. The first-order chi connectivity index (χ1) is 11.6. The standard InChI is InChI=1S/C17H20N4O2S/c1-4-23-8-9-24-17-19-15-13(16(22)20-17)10-18-21(15)14-7-5-6-11(2)12(14)3/h5-7,10H,4,8-9H2,1-3H3,(H,19,20,22). The second-order valence-corrected chi connectivity index (χ2v) is 6.51. The molecule has 0 aliphatic carbocycles. The molecule has 0 radical (unpaired) electrons. The Labute approximate surface area is 144 Å². The molecule has 2 aromatic heterocycles. The second kappa shape index (κ2) is 7.19. The number of H-pyrrole nitrogens is 1. The molecule has 1 aromatic carbocycles. The third kappa shape index (κ3) is 3.22. The van der Waals surface area contributed by atoms with Crippen LogP contribution in [0.1, 0.15) is 18.1 Å². The van der Waals surface area contributed by atoms with Gasteiger partial charge in [0.25, 0.3) is 5.56 Å². The molecule has 0 atom stereocenters. The van der Waals surface area contributed by atoms with E-state index in [2.05, 4.69) is 28.1 Å². The van der Waals surface area contributed by atoms with E-state index in [1.54, 1.807) is 10.9 Å². The normalized spacial score (nSPS) is 11.3. The molecule has 0 bridgehead atoms. The van der Waals surface area contributed by atoms with Crippen molar-refractivity contribution < 1.29 is 4.74 Å². The maximum absolute atomic E-state index is 12.3. The van der Waals surface area contributed by atoms with Crippen LogP contribution < -0.4 is 5.56 Å². The van der Waals surface area contributed by atoms with Gasteiger partial charge in [-0.25, -0.2) is 9.67 Å². The van der Waals surface area contributed by atoms with Gasteiger partial charge in [0.15, 0.2) is 10.8 Å². The number of thioether (sulfide) groups is 1. The Morgan fingerprint density at radius 2 is 2.17 bits per heavy atom. The fourth-order valence-corrected chi connectivity index (χ4v) is 3.16. The Morgan fingerprint density at radius 1 is 1.33 bits per heavy atom. The first-order valence-electron chi connectivity index (χ1n) is 7.87. The third-order valence-electron chi connectivity index (χ3n) is 3.89. The maximum atomic E-state index is 12.3. The van der Waals surface area contributed by atoms with Crippen LogP contribution in [-0.2, 0) is 4.74 Å². The number of ether oxygens (including phenoxy) is 1. The van der Waals surface area contributed by atoms with E-state index in [4.69, 9.17) is 4.74 Å². The molecule has 0 amide bonds. The number of hydrogen-bond acceptors (Lipinski definition) is 5. The van der Waals surface area contributed by atoms with Crippen molar-refractivity contribution in [1.29, 1.82) is 0 Å². The summed E-state index contributed by atoms with van der Waals surface area (Å²) in [6.07, 6.45) is 1.57.